The quantitative estimate of drug-likeness (QED) is 0.118. The monoisotopic (exact) mass is 682 g/mol. The molecule has 12 radical (unpaired) electrons. The lowest BCUT2D eigenvalue weighted by Gasteiger charge is -2.20. The van der Waals surface area contributed by atoms with Crippen molar-refractivity contribution in [2.45, 2.75) is 50.2 Å². The lowest BCUT2D eigenvalue weighted by Crippen LogP contribution is -2.39. The van der Waals surface area contributed by atoms with Gasteiger partial charge in [0.25, 0.3) is 10.1 Å². The molecule has 0 aliphatic carbocycles. The molecule has 0 spiro atoms. The minimum atomic E-state index is -5.42. The molecular formula is C30H23B6F3O9S. The highest BCUT2D eigenvalue weighted by atomic mass is 32.2. The summed E-state index contributed by atoms with van der Waals surface area (Å²) >= 11 is 0. The summed E-state index contributed by atoms with van der Waals surface area (Å²) in [5.74, 6) is -6.92. The lowest BCUT2D eigenvalue weighted by molar-refractivity contribution is -0.197. The van der Waals surface area contributed by atoms with Gasteiger partial charge in [-0.3, -0.25) is 4.55 Å². The van der Waals surface area contributed by atoms with Gasteiger partial charge in [-0.2, -0.15) is 21.6 Å². The fraction of sp³-hybridized carbons (Fsp3) is 0.300. The minimum absolute atomic E-state index is 0.00636. The third-order valence-electron chi connectivity index (χ3n) is 7.10. The third-order valence-corrected chi connectivity index (χ3v) is 7.82. The Bertz CT molecular complexity index is 1840. The molecule has 0 aliphatic rings. The van der Waals surface area contributed by atoms with Gasteiger partial charge in [-0.1, -0.05) is 72.3 Å². The van der Waals surface area contributed by atoms with Crippen LogP contribution >= 0.6 is 0 Å². The van der Waals surface area contributed by atoms with Crippen molar-refractivity contribution in [1.29, 1.82) is 0 Å². The summed E-state index contributed by atoms with van der Waals surface area (Å²) in [5, 5.41) is 0. The maximum Gasteiger partial charge on any atom is 0.426 e. The molecule has 0 fully saturated rings. The third kappa shape index (κ3) is 10.3. The first kappa shape index (κ1) is 39.6. The van der Waals surface area contributed by atoms with E-state index in [2.05, 4.69) is 4.74 Å². The van der Waals surface area contributed by atoms with Gasteiger partial charge in [-0.05, 0) is 35.4 Å². The SMILES string of the molecule is [B]Cc1cc(C[B])c(C[B])c(C(=O)Oc2cc(OC(=O)c3cc(C[B])c(C[B])cc3C[B])cc(C(=O)OC(CS(=O)(=O)O)C(F)(F)F)c2)c1. The van der Waals surface area contributed by atoms with E-state index >= 15 is 0 Å². The summed E-state index contributed by atoms with van der Waals surface area (Å²) in [7, 11) is 29.5. The zero-order valence-electron chi connectivity index (χ0n) is 25.8. The average molecular weight is 681 g/mol. The maximum absolute atomic E-state index is 13.5. The number of carbonyl (C=O) groups is 3. The van der Waals surface area contributed by atoms with Crippen LogP contribution in [0.3, 0.4) is 0 Å². The van der Waals surface area contributed by atoms with E-state index in [4.69, 9.17) is 61.1 Å². The van der Waals surface area contributed by atoms with Crippen molar-refractivity contribution in [2.75, 3.05) is 5.75 Å². The highest BCUT2D eigenvalue weighted by molar-refractivity contribution is 7.85. The van der Waals surface area contributed by atoms with Crippen LogP contribution in [0.1, 0.15) is 64.5 Å². The van der Waals surface area contributed by atoms with E-state index in [1.807, 2.05) is 0 Å². The van der Waals surface area contributed by atoms with E-state index in [9.17, 15) is 36.0 Å². The highest BCUT2D eigenvalue weighted by Gasteiger charge is 2.45. The highest BCUT2D eigenvalue weighted by Crippen LogP contribution is 2.30. The molecule has 242 valence electrons. The molecule has 3 aromatic rings. The molecule has 19 heteroatoms. The second-order valence-electron chi connectivity index (χ2n) is 10.4. The number of rotatable bonds is 14. The van der Waals surface area contributed by atoms with Crippen molar-refractivity contribution >= 4 is 75.1 Å². The zero-order valence-corrected chi connectivity index (χ0v) is 26.6. The Morgan fingerprint density at radius 2 is 1.18 bits per heavy atom. The Hall–Kier alpha value is -3.84. The second-order valence-corrected chi connectivity index (χ2v) is 11.9. The lowest BCUT2D eigenvalue weighted by atomic mass is 9.81. The molecule has 49 heavy (non-hydrogen) atoms. The molecule has 0 bridgehead atoms. The summed E-state index contributed by atoms with van der Waals surface area (Å²) in [6.45, 7) is 0. The van der Waals surface area contributed by atoms with Crippen LogP contribution in [0.5, 0.6) is 11.5 Å². The smallest absolute Gasteiger partial charge is 0.426 e. The Balaban J connectivity index is 2.12. The van der Waals surface area contributed by atoms with Gasteiger partial charge in [0, 0.05) is 6.07 Å². The average Bonchev–Trinajstić information content (AvgIpc) is 3.05. The first-order valence-corrected chi connectivity index (χ1v) is 15.9. The molecule has 0 saturated heterocycles. The van der Waals surface area contributed by atoms with Crippen LogP contribution in [-0.2, 0) is 52.8 Å². The summed E-state index contributed by atoms with van der Waals surface area (Å²) in [6.07, 6.45) is -8.95. The molecule has 0 amide bonds. The van der Waals surface area contributed by atoms with Gasteiger partial charge in [-0.25, -0.2) is 14.4 Å². The van der Waals surface area contributed by atoms with Gasteiger partial charge in [0.2, 0.25) is 6.10 Å². The normalized spacial score (nSPS) is 12.2. The molecule has 1 atom stereocenters. The molecular weight excluding hydrogens is 658 g/mol. The first-order chi connectivity index (χ1) is 23.0. The van der Waals surface area contributed by atoms with E-state index in [0.717, 1.165) is 18.2 Å². The zero-order chi connectivity index (χ0) is 36.7. The molecule has 3 aromatic carbocycles. The van der Waals surface area contributed by atoms with E-state index in [1.165, 1.54) is 12.1 Å². The standard InChI is InChI=1S/C30H23B6F3O9S/c31-8-15-1-19(11-34)25(13-36)24(2-15)29(42)47-22-5-16(27(40)48-26(30(37,38)39)14-49(43,44)45)4-21(7-22)46-28(41)23-6-18(10-33)17(9-32)3-20(23)12-35/h1-7,26H,8-14H2,(H,43,44,45). The van der Waals surface area contributed by atoms with E-state index < -0.39 is 63.1 Å². The number of ether oxygens (including phenoxy) is 3. The topological polar surface area (TPSA) is 133 Å². The van der Waals surface area contributed by atoms with E-state index in [0.29, 0.717) is 33.4 Å². The van der Waals surface area contributed by atoms with E-state index in [-0.39, 0.29) is 49.0 Å². The number of benzene rings is 3. The predicted molar refractivity (Wildman–Crippen MR) is 178 cm³/mol. The van der Waals surface area contributed by atoms with Gasteiger partial charge in [0.05, 0.1) is 63.8 Å². The summed E-state index contributed by atoms with van der Waals surface area (Å²) < 4.78 is 87.3. The van der Waals surface area contributed by atoms with Gasteiger partial charge in [0.15, 0.2) is 0 Å². The molecule has 1 N–H and O–H groups in total. The summed E-state index contributed by atoms with van der Waals surface area (Å²) in [5.41, 5.74) is 1.77. The van der Waals surface area contributed by atoms with Crippen molar-refractivity contribution in [1.82, 2.24) is 0 Å². The largest absolute Gasteiger partial charge is 0.448 e. The van der Waals surface area contributed by atoms with Crippen molar-refractivity contribution in [2.24, 2.45) is 0 Å². The minimum Gasteiger partial charge on any atom is -0.448 e. The fourth-order valence-electron chi connectivity index (χ4n) is 4.72. The van der Waals surface area contributed by atoms with Crippen LogP contribution in [0.15, 0.2) is 42.5 Å². The van der Waals surface area contributed by atoms with Gasteiger partial charge >= 0.3 is 24.1 Å². The summed E-state index contributed by atoms with van der Waals surface area (Å²) in [6, 6.07) is 8.51. The molecule has 0 saturated carbocycles. The van der Waals surface area contributed by atoms with E-state index in [1.54, 1.807) is 12.1 Å². The summed E-state index contributed by atoms with van der Waals surface area (Å²) in [4.78, 5) is 39.7. The Morgan fingerprint density at radius 3 is 1.65 bits per heavy atom. The predicted octanol–water partition coefficient (Wildman–Crippen LogP) is 2.11. The second kappa shape index (κ2) is 16.7. The van der Waals surface area contributed by atoms with Crippen molar-refractivity contribution in [3.63, 3.8) is 0 Å². The Labute approximate surface area is 289 Å². The number of carbonyl (C=O) groups excluding carboxylic acids is 3. The molecule has 0 aromatic heterocycles. The number of alkyl halides is 3. The number of halogens is 3. The molecule has 3 rings (SSSR count). The molecule has 1 unspecified atom stereocenters. The van der Waals surface area contributed by atoms with Gasteiger partial charge < -0.3 is 14.2 Å². The fourth-order valence-corrected chi connectivity index (χ4v) is 5.36. The van der Waals surface area contributed by atoms with Crippen molar-refractivity contribution in [3.8, 4) is 11.5 Å². The van der Waals surface area contributed by atoms with Crippen LogP contribution in [0.25, 0.3) is 0 Å². The number of esters is 3. The molecule has 0 aliphatic heterocycles. The van der Waals surface area contributed by atoms with Crippen molar-refractivity contribution < 1.29 is 54.7 Å². The number of hydrogen-bond donors (Lipinski definition) is 1. The Morgan fingerprint density at radius 1 is 0.653 bits per heavy atom. The van der Waals surface area contributed by atoms with Crippen LogP contribution < -0.4 is 9.47 Å². The molecule has 0 heterocycles. The van der Waals surface area contributed by atoms with Crippen LogP contribution in [0, 0.1) is 0 Å². The van der Waals surface area contributed by atoms with Gasteiger partial charge in [-0.15, -0.1) is 0 Å². The van der Waals surface area contributed by atoms with Crippen LogP contribution in [0.4, 0.5) is 13.2 Å². The maximum atomic E-state index is 13.5. The molecule has 9 nitrogen and oxygen atoms in total. The van der Waals surface area contributed by atoms with Crippen molar-refractivity contribution in [3.05, 3.63) is 92.5 Å². The van der Waals surface area contributed by atoms with Gasteiger partial charge in [0.1, 0.15) is 17.3 Å². The van der Waals surface area contributed by atoms with Crippen LogP contribution in [0.2, 0.25) is 0 Å². The first-order valence-electron chi connectivity index (χ1n) is 14.3. The Kier molecular flexibility index (Phi) is 13.5. The number of hydrogen-bond acceptors (Lipinski definition) is 8. The van der Waals surface area contributed by atoms with Crippen LogP contribution in [-0.4, -0.2) is 96.0 Å².